The van der Waals surface area contributed by atoms with Crippen molar-refractivity contribution in [2.24, 2.45) is 0 Å². The molecule has 0 spiro atoms. The van der Waals surface area contributed by atoms with Gasteiger partial charge in [-0.3, -0.25) is 5.10 Å². The maximum Gasteiger partial charge on any atom is 0.397 e. The van der Waals surface area contributed by atoms with Gasteiger partial charge in [0.05, 0.1) is 80.0 Å². The van der Waals surface area contributed by atoms with Gasteiger partial charge in [-0.1, -0.05) is 0 Å². The van der Waals surface area contributed by atoms with Crippen LogP contribution in [0.2, 0.25) is 0 Å². The Morgan fingerprint density at radius 1 is 1.19 bits per heavy atom. The Balaban J connectivity index is 1.62. The van der Waals surface area contributed by atoms with Crippen molar-refractivity contribution in [2.45, 2.75) is 50.0 Å². The second-order valence-electron chi connectivity index (χ2n) is 9.63. The van der Waals surface area contributed by atoms with E-state index >= 15 is 0 Å². The van der Waals surface area contributed by atoms with E-state index in [4.69, 9.17) is 14.5 Å². The lowest BCUT2D eigenvalue weighted by molar-refractivity contribution is -0.146. The molecule has 0 aromatic carbocycles. The summed E-state index contributed by atoms with van der Waals surface area (Å²) in [5.74, 6) is -0.742. The summed E-state index contributed by atoms with van der Waals surface area (Å²) < 4.78 is 54.8. The summed E-state index contributed by atoms with van der Waals surface area (Å²) in [7, 11) is 0. The first kappa shape index (κ1) is 23.5. The lowest BCUT2D eigenvalue weighted by atomic mass is 10.0. The molecule has 4 atom stereocenters. The topological polar surface area (TPSA) is 105 Å². The molecule has 2 bridgehead atoms. The Bertz CT molecular complexity index is 1220. The van der Waals surface area contributed by atoms with E-state index in [0.717, 1.165) is 19.8 Å². The minimum atomic E-state index is -4.50. The minimum Gasteiger partial charge on any atom is -0.394 e. The number of rotatable bonds is 5. The van der Waals surface area contributed by atoms with Crippen LogP contribution in [-0.4, -0.2) is 93.9 Å². The number of hydrogen-bond acceptors (Lipinski definition) is 8. The Labute approximate surface area is 205 Å². The van der Waals surface area contributed by atoms with Crippen LogP contribution in [0.3, 0.4) is 0 Å². The van der Waals surface area contributed by atoms with Crippen molar-refractivity contribution < 1.29 is 27.8 Å². The van der Waals surface area contributed by atoms with E-state index in [2.05, 4.69) is 20.2 Å². The highest BCUT2D eigenvalue weighted by Crippen LogP contribution is 2.44. The average molecular weight is 508 g/mol. The first-order chi connectivity index (χ1) is 17.4. The molecule has 3 aromatic rings. The number of halogens is 3. The van der Waals surface area contributed by atoms with Crippen LogP contribution in [0.15, 0.2) is 18.3 Å². The molecule has 6 rings (SSSR count). The molecule has 2 unspecified atom stereocenters. The smallest absolute Gasteiger partial charge is 0.394 e. The fourth-order valence-electron chi connectivity index (χ4n) is 5.59. The molecule has 2 N–H and O–H groups in total. The summed E-state index contributed by atoms with van der Waals surface area (Å²) in [6, 6.07) is 3.40. The lowest BCUT2D eigenvalue weighted by Crippen LogP contribution is -2.48. The molecule has 3 aliphatic heterocycles. The number of morpholine rings is 2. The molecular formula is C23H28F3N7O3. The zero-order chi connectivity index (χ0) is 25.0. The van der Waals surface area contributed by atoms with Crippen molar-refractivity contribution in [1.82, 2.24) is 25.0 Å². The molecule has 3 fully saturated rings. The van der Waals surface area contributed by atoms with Crippen LogP contribution in [0.25, 0.3) is 16.9 Å². The zero-order valence-electron chi connectivity index (χ0n) is 19.8. The Morgan fingerprint density at radius 2 is 1.97 bits per heavy atom. The van der Waals surface area contributed by atoms with E-state index in [1.165, 1.54) is 10.9 Å². The number of aliphatic hydroxyl groups excluding tert-OH is 1. The molecule has 194 valence electrons. The summed E-state index contributed by atoms with van der Waals surface area (Å²) in [6.45, 7) is 3.18. The van der Waals surface area contributed by atoms with Gasteiger partial charge in [0.25, 0.3) is 0 Å². The third kappa shape index (κ3) is 3.80. The van der Waals surface area contributed by atoms with Crippen molar-refractivity contribution in [2.75, 3.05) is 49.4 Å². The first-order valence-electron chi connectivity index (χ1n) is 12.2. The van der Waals surface area contributed by atoms with Crippen molar-refractivity contribution >= 4 is 22.5 Å². The first-order valence-corrected chi connectivity index (χ1v) is 12.2. The van der Waals surface area contributed by atoms with Crippen LogP contribution in [0.5, 0.6) is 0 Å². The van der Waals surface area contributed by atoms with E-state index in [9.17, 15) is 18.3 Å². The standard InChI is InChI=1S/C23H28F3N7O3/c1-13(23(24,25)26)21-20-17(31-6-7-35-12-16(31)9-34)8-19(32-14-2-3-15(32)11-36-10-14)28-22(20)33(30-21)18-4-5-27-29-18/h4-5,8,13-16,34H,2-3,6-7,9-12H2,1H3,(H,27,29)/t13-,14?,15?,16+/m0/s1. The van der Waals surface area contributed by atoms with Crippen LogP contribution < -0.4 is 9.80 Å². The maximum atomic E-state index is 14.0. The van der Waals surface area contributed by atoms with E-state index in [0.29, 0.717) is 54.7 Å². The van der Waals surface area contributed by atoms with Gasteiger partial charge in [0.15, 0.2) is 11.5 Å². The van der Waals surface area contributed by atoms with Gasteiger partial charge in [-0.2, -0.15) is 28.1 Å². The second-order valence-corrected chi connectivity index (χ2v) is 9.63. The molecule has 0 saturated carbocycles. The van der Waals surface area contributed by atoms with E-state index < -0.39 is 18.1 Å². The number of pyridine rings is 1. The number of nitrogens with zero attached hydrogens (tertiary/aromatic N) is 6. The normalized spacial score (nSPS) is 25.6. The molecule has 6 heterocycles. The molecule has 10 nitrogen and oxygen atoms in total. The van der Waals surface area contributed by atoms with Gasteiger partial charge in [-0.15, -0.1) is 0 Å². The summed E-state index contributed by atoms with van der Waals surface area (Å²) in [5.41, 5.74) is 0.765. The van der Waals surface area contributed by atoms with Gasteiger partial charge < -0.3 is 24.4 Å². The van der Waals surface area contributed by atoms with E-state index in [1.54, 1.807) is 6.07 Å². The third-order valence-electron chi connectivity index (χ3n) is 7.50. The number of hydrogen-bond donors (Lipinski definition) is 2. The molecule has 3 saturated heterocycles. The number of nitrogens with one attached hydrogen (secondary N) is 1. The van der Waals surface area contributed by atoms with Crippen molar-refractivity contribution in [3.05, 3.63) is 24.0 Å². The molecule has 36 heavy (non-hydrogen) atoms. The summed E-state index contributed by atoms with van der Waals surface area (Å²) in [5, 5.41) is 21.6. The van der Waals surface area contributed by atoms with Crippen LogP contribution in [-0.2, 0) is 9.47 Å². The number of aliphatic hydroxyl groups is 1. The SMILES string of the molecule is C[C@@H](c1nn(-c2ccn[nH]2)c2nc(N3C4CCC3COC4)cc(N3CCOC[C@H]3CO)c12)C(F)(F)F. The highest BCUT2D eigenvalue weighted by molar-refractivity contribution is 5.95. The Kier molecular flexibility index (Phi) is 5.80. The van der Waals surface area contributed by atoms with Gasteiger partial charge in [0, 0.05) is 18.7 Å². The predicted octanol–water partition coefficient (Wildman–Crippen LogP) is 2.37. The maximum absolute atomic E-state index is 14.0. The highest BCUT2D eigenvalue weighted by Gasteiger charge is 2.43. The monoisotopic (exact) mass is 507 g/mol. The third-order valence-corrected chi connectivity index (χ3v) is 7.50. The van der Waals surface area contributed by atoms with Crippen LogP contribution >= 0.6 is 0 Å². The number of aromatic amines is 1. The van der Waals surface area contributed by atoms with Crippen LogP contribution in [0.1, 0.15) is 31.4 Å². The molecular weight excluding hydrogens is 479 g/mol. The van der Waals surface area contributed by atoms with Crippen molar-refractivity contribution in [1.29, 1.82) is 0 Å². The lowest BCUT2D eigenvalue weighted by Gasteiger charge is -2.39. The van der Waals surface area contributed by atoms with Gasteiger partial charge in [0.2, 0.25) is 0 Å². The quantitative estimate of drug-likeness (QED) is 0.543. The average Bonchev–Trinajstić information content (AvgIpc) is 3.59. The summed E-state index contributed by atoms with van der Waals surface area (Å²) >= 11 is 0. The number of H-pyrrole nitrogens is 1. The number of ether oxygens (including phenoxy) is 2. The molecule has 0 radical (unpaired) electrons. The molecule has 0 amide bonds. The molecule has 0 aliphatic carbocycles. The van der Waals surface area contributed by atoms with Gasteiger partial charge in [0.1, 0.15) is 5.82 Å². The zero-order valence-corrected chi connectivity index (χ0v) is 19.8. The van der Waals surface area contributed by atoms with E-state index in [-0.39, 0.29) is 31.0 Å². The van der Waals surface area contributed by atoms with Gasteiger partial charge in [-0.05, 0) is 19.8 Å². The van der Waals surface area contributed by atoms with Crippen LogP contribution in [0, 0.1) is 0 Å². The largest absolute Gasteiger partial charge is 0.397 e. The number of aromatic nitrogens is 5. The highest BCUT2D eigenvalue weighted by atomic mass is 19.4. The van der Waals surface area contributed by atoms with Gasteiger partial charge in [-0.25, -0.2) is 4.98 Å². The summed E-state index contributed by atoms with van der Waals surface area (Å²) in [6.07, 6.45) is -1.05. The number of anilines is 2. The fraction of sp³-hybridized carbons (Fsp3) is 0.609. The van der Waals surface area contributed by atoms with Crippen LogP contribution in [0.4, 0.5) is 24.7 Å². The Morgan fingerprint density at radius 3 is 2.64 bits per heavy atom. The number of alkyl halides is 3. The van der Waals surface area contributed by atoms with E-state index in [1.807, 2.05) is 11.0 Å². The second kappa shape index (κ2) is 8.89. The molecule has 13 heteroatoms. The Hall–Kier alpha value is -2.90. The minimum absolute atomic E-state index is 0.116. The van der Waals surface area contributed by atoms with Crippen molar-refractivity contribution in [3.63, 3.8) is 0 Å². The summed E-state index contributed by atoms with van der Waals surface area (Å²) in [4.78, 5) is 9.09. The fourth-order valence-corrected chi connectivity index (χ4v) is 5.59. The molecule has 3 aliphatic rings. The van der Waals surface area contributed by atoms with Gasteiger partial charge >= 0.3 is 6.18 Å². The molecule has 3 aromatic heterocycles. The predicted molar refractivity (Wildman–Crippen MR) is 125 cm³/mol. The van der Waals surface area contributed by atoms with Crippen molar-refractivity contribution in [3.8, 4) is 5.82 Å². The number of fused-ring (bicyclic) bond motifs is 3.